The predicted octanol–water partition coefficient (Wildman–Crippen LogP) is 2.00. The van der Waals surface area contributed by atoms with E-state index in [1.54, 1.807) is 45.2 Å². The predicted molar refractivity (Wildman–Crippen MR) is 245 cm³/mol. The van der Waals surface area contributed by atoms with Gasteiger partial charge in [-0.05, 0) is 33.6 Å². The molecule has 27 heteroatoms. The molecule has 7 amide bonds. The fourth-order valence-corrected chi connectivity index (χ4v) is 10.7. The molecule has 67 heavy (non-hydrogen) atoms. The smallest absolute Gasteiger partial charge is 0.404 e. The highest BCUT2D eigenvalue weighted by Crippen LogP contribution is 2.43. The van der Waals surface area contributed by atoms with Crippen molar-refractivity contribution in [2.75, 3.05) is 42.6 Å². The molecule has 0 spiro atoms. The molecule has 0 radical (unpaired) electrons. The van der Waals surface area contributed by atoms with Crippen molar-refractivity contribution in [2.45, 2.75) is 70.3 Å². The molecule has 9 N–H and O–H groups in total. The van der Waals surface area contributed by atoms with Gasteiger partial charge in [-0.3, -0.25) is 43.9 Å². The van der Waals surface area contributed by atoms with Crippen LogP contribution in [0, 0.1) is 5.41 Å². The number of allylic oxidation sites excluding steroid dienone is 2. The van der Waals surface area contributed by atoms with E-state index >= 15 is 0 Å². The zero-order valence-corrected chi connectivity index (χ0v) is 39.8. The maximum Gasteiger partial charge on any atom is 0.404 e. The van der Waals surface area contributed by atoms with Crippen LogP contribution in [0.1, 0.15) is 58.8 Å². The van der Waals surface area contributed by atoms with Gasteiger partial charge in [-0.15, -0.1) is 46.2 Å². The molecule has 358 valence electrons. The molecule has 2 fully saturated rings. The van der Waals surface area contributed by atoms with Gasteiger partial charge in [0.15, 0.2) is 10.3 Å². The molecule has 0 aromatic carbocycles. The molecule has 1 unspecified atom stereocenters. The topological polar surface area (TPSA) is 337 Å². The van der Waals surface area contributed by atoms with E-state index in [2.05, 4.69) is 25.9 Å². The van der Waals surface area contributed by atoms with Crippen LogP contribution in [-0.2, 0) is 52.5 Å². The third-order valence-electron chi connectivity index (χ3n) is 9.95. The van der Waals surface area contributed by atoms with Gasteiger partial charge in [0.1, 0.15) is 47.4 Å². The standard InChI is InChI=1S/C40H46N10O13S4/c1-6-8-19(21-14-66-36(41)44-21)27(51)46-23-30(54)49-25(17(10-60-37(42)58)12-64-32(23)49)29(53)48-39-45-22(15-67-39)20(9-7-2)28(52)47-24-31(55)50-26(18(11-61-38(43)59)13-65-33(24)50)34(56)62-16-63-35(57)40(3,4)5/h8-9,14-15,23-24,32-33H,6-7,10-13,16H2,1-5H3,(H2,41,44)(H2,42,58)(H2,43,59)(H,46,51)(H,47,52)(H,45,48,53)/b19-8-,20-9-/t23?,24-,32+,33-/m0/s1. The van der Waals surface area contributed by atoms with Crippen LogP contribution in [0.3, 0.4) is 0 Å². The van der Waals surface area contributed by atoms with E-state index in [0.717, 1.165) is 27.6 Å². The highest BCUT2D eigenvalue weighted by Gasteiger charge is 2.56. The van der Waals surface area contributed by atoms with Gasteiger partial charge in [-0.2, -0.15) is 0 Å². The van der Waals surface area contributed by atoms with Crippen molar-refractivity contribution in [1.82, 2.24) is 30.4 Å². The molecule has 0 saturated carbocycles. The summed E-state index contributed by atoms with van der Waals surface area (Å²) in [5.74, 6) is -4.87. The van der Waals surface area contributed by atoms with Crippen molar-refractivity contribution in [3.63, 3.8) is 0 Å². The van der Waals surface area contributed by atoms with E-state index in [-0.39, 0.29) is 61.1 Å². The number of thiazole rings is 2. The number of esters is 2. The lowest BCUT2D eigenvalue weighted by Crippen LogP contribution is -2.71. The van der Waals surface area contributed by atoms with Gasteiger partial charge in [0.25, 0.3) is 29.5 Å². The number of carbonyl (C=O) groups is 9. The Balaban J connectivity index is 1.14. The Morgan fingerprint density at radius 2 is 1.24 bits per heavy atom. The van der Waals surface area contributed by atoms with E-state index in [1.165, 1.54) is 33.8 Å². The van der Waals surface area contributed by atoms with Gasteiger partial charge >= 0.3 is 24.1 Å². The monoisotopic (exact) mass is 1000 g/mol. The minimum atomic E-state index is -1.14. The Labute approximate surface area is 398 Å². The van der Waals surface area contributed by atoms with Gasteiger partial charge in [-0.1, -0.05) is 26.0 Å². The Bertz CT molecular complexity index is 2530. The molecule has 2 aromatic heterocycles. The molecule has 6 heterocycles. The number of carbonyl (C=O) groups excluding carboxylic acids is 9. The van der Waals surface area contributed by atoms with Gasteiger partial charge in [0.05, 0.1) is 27.9 Å². The zero-order valence-electron chi connectivity index (χ0n) is 36.5. The molecule has 6 rings (SSSR count). The molecule has 0 aliphatic carbocycles. The molecule has 4 aliphatic heterocycles. The summed E-state index contributed by atoms with van der Waals surface area (Å²) in [5, 5.41) is 10.0. The number of primary amides is 2. The molecule has 4 atom stereocenters. The average molecular weight is 1000 g/mol. The van der Waals surface area contributed by atoms with Crippen molar-refractivity contribution < 1.29 is 62.1 Å². The number of thioether (sulfide) groups is 2. The molecular weight excluding hydrogens is 957 g/mol. The maximum atomic E-state index is 14.0. The van der Waals surface area contributed by atoms with Gasteiger partial charge < -0.3 is 46.8 Å². The first-order valence-corrected chi connectivity index (χ1v) is 24.1. The largest absolute Gasteiger partial charge is 0.445 e. The van der Waals surface area contributed by atoms with E-state index in [1.807, 2.05) is 6.92 Å². The average Bonchev–Trinajstić information content (AvgIpc) is 3.93. The highest BCUT2D eigenvalue weighted by atomic mass is 32.2. The lowest BCUT2D eigenvalue weighted by atomic mass is 9.98. The number of nitrogens with two attached hydrogens (primary N) is 3. The summed E-state index contributed by atoms with van der Waals surface area (Å²) in [6, 6.07) is -2.16. The maximum absolute atomic E-state index is 14.0. The van der Waals surface area contributed by atoms with Crippen molar-refractivity contribution >= 4 is 121 Å². The number of hydrogen-bond acceptors (Lipinski definition) is 20. The van der Waals surface area contributed by atoms with Crippen molar-refractivity contribution in [2.24, 2.45) is 16.9 Å². The molecule has 2 saturated heterocycles. The second kappa shape index (κ2) is 21.0. The minimum absolute atomic E-state index is 0.0165. The number of β-lactam (4-membered cyclic amide) rings is 2. The number of fused-ring (bicyclic) bond motifs is 2. The van der Waals surface area contributed by atoms with Crippen molar-refractivity contribution in [3.05, 3.63) is 56.8 Å². The molecular formula is C40H46N10O13S4. The number of amides is 7. The number of hydrogen-bond donors (Lipinski definition) is 6. The number of nitrogens with zero attached hydrogens (tertiary/aromatic N) is 4. The number of rotatable bonds is 17. The molecule has 0 bridgehead atoms. The van der Waals surface area contributed by atoms with E-state index < -0.39 is 102 Å². The van der Waals surface area contributed by atoms with Crippen LogP contribution in [0.15, 0.2) is 45.5 Å². The normalized spacial score (nSPS) is 20.4. The van der Waals surface area contributed by atoms with Crippen LogP contribution in [0.2, 0.25) is 0 Å². The van der Waals surface area contributed by atoms with E-state index in [4.69, 9.17) is 36.1 Å². The summed E-state index contributed by atoms with van der Waals surface area (Å²) in [6.07, 6.45) is 1.84. The molecule has 23 nitrogen and oxygen atoms in total. The molecule has 2 aromatic rings. The number of nitrogens with one attached hydrogen (secondary N) is 3. The van der Waals surface area contributed by atoms with Crippen LogP contribution >= 0.6 is 46.2 Å². The van der Waals surface area contributed by atoms with Crippen LogP contribution in [0.25, 0.3) is 11.1 Å². The number of ether oxygens (including phenoxy) is 4. The van der Waals surface area contributed by atoms with Gasteiger partial charge in [0, 0.05) is 33.4 Å². The summed E-state index contributed by atoms with van der Waals surface area (Å²) in [6.45, 7) is 6.81. The van der Waals surface area contributed by atoms with Crippen molar-refractivity contribution in [3.8, 4) is 0 Å². The third kappa shape index (κ3) is 11.1. The SMILES string of the molecule is CC/C=C(\C(=O)NC1C(=O)N2C(C(=O)Nc3nc(/C(=C/CC)C(=O)N[C@H]4C(=O)N5C(C(=O)OCOC(=O)C(C)(C)C)=C(COC(N)=O)CS[C@@H]45)cs3)=C(COC(N)=O)CS[C@H]12)c1csc(N)n1. The fourth-order valence-electron chi connectivity index (χ4n) is 6.83. The summed E-state index contributed by atoms with van der Waals surface area (Å²) in [7, 11) is 0. The lowest BCUT2D eigenvalue weighted by molar-refractivity contribution is -0.173. The van der Waals surface area contributed by atoms with Crippen LogP contribution < -0.4 is 33.2 Å². The first-order valence-electron chi connectivity index (χ1n) is 20.3. The van der Waals surface area contributed by atoms with Crippen LogP contribution in [-0.4, -0.2) is 128 Å². The van der Waals surface area contributed by atoms with E-state index in [9.17, 15) is 43.2 Å². The first-order chi connectivity index (χ1) is 31.7. The first kappa shape index (κ1) is 50.0. The third-order valence-corrected chi connectivity index (χ3v) is 14.1. The zero-order chi connectivity index (χ0) is 48.9. The quantitative estimate of drug-likeness (QED) is 0.0434. The second-order valence-electron chi connectivity index (χ2n) is 15.7. The number of aromatic nitrogens is 2. The Kier molecular flexibility index (Phi) is 15.7. The lowest BCUT2D eigenvalue weighted by Gasteiger charge is -2.50. The fraction of sp³-hybridized carbons (Fsp3) is 0.425. The summed E-state index contributed by atoms with van der Waals surface area (Å²) >= 11 is 4.52. The second-order valence-corrected chi connectivity index (χ2v) is 19.6. The van der Waals surface area contributed by atoms with Gasteiger partial charge in [0.2, 0.25) is 6.79 Å². The molecule has 4 aliphatic rings. The summed E-state index contributed by atoms with van der Waals surface area (Å²) in [4.78, 5) is 128. The number of anilines is 2. The van der Waals surface area contributed by atoms with Gasteiger partial charge in [-0.25, -0.2) is 24.4 Å². The highest BCUT2D eigenvalue weighted by molar-refractivity contribution is 8.00. The minimum Gasteiger partial charge on any atom is -0.445 e. The van der Waals surface area contributed by atoms with E-state index in [0.29, 0.717) is 18.5 Å². The van der Waals surface area contributed by atoms with Crippen LogP contribution in [0.4, 0.5) is 19.9 Å². The Morgan fingerprint density at radius 1 is 0.746 bits per heavy atom. The number of nitrogen functional groups attached to an aromatic ring is 1. The summed E-state index contributed by atoms with van der Waals surface area (Å²) < 4.78 is 20.1. The van der Waals surface area contributed by atoms with Crippen LogP contribution in [0.5, 0.6) is 0 Å². The van der Waals surface area contributed by atoms with Crippen molar-refractivity contribution in [1.29, 1.82) is 0 Å². The Hall–Kier alpha value is -6.45. The summed E-state index contributed by atoms with van der Waals surface area (Å²) in [5.41, 5.74) is 16.1. The Morgan fingerprint density at radius 3 is 1.72 bits per heavy atom.